The van der Waals surface area contributed by atoms with Crippen LogP contribution in [0.5, 0.6) is 0 Å². The first-order chi connectivity index (χ1) is 8.87. The molecule has 0 N–H and O–H groups in total. The van der Waals surface area contributed by atoms with E-state index in [9.17, 15) is 0 Å². The van der Waals surface area contributed by atoms with Crippen molar-refractivity contribution in [1.29, 1.82) is 0 Å². The van der Waals surface area contributed by atoms with Crippen LogP contribution in [0.4, 0.5) is 0 Å². The van der Waals surface area contributed by atoms with E-state index in [-0.39, 0.29) is 0 Å². The summed E-state index contributed by atoms with van der Waals surface area (Å²) in [4.78, 5) is 4.99. The van der Waals surface area contributed by atoms with Crippen molar-refractivity contribution in [2.75, 3.05) is 27.2 Å². The van der Waals surface area contributed by atoms with E-state index < -0.39 is 8.07 Å². The fraction of sp³-hybridized carbons (Fsp3) is 0.867. The second-order valence-corrected chi connectivity index (χ2v) is 13.4. The van der Waals surface area contributed by atoms with E-state index in [0.717, 1.165) is 5.92 Å². The van der Waals surface area contributed by atoms with E-state index in [2.05, 4.69) is 49.3 Å². The van der Waals surface area contributed by atoms with Gasteiger partial charge in [0.15, 0.2) is 0 Å². The van der Waals surface area contributed by atoms with E-state index >= 15 is 0 Å². The van der Waals surface area contributed by atoms with Crippen LogP contribution in [0.25, 0.3) is 0 Å². The number of nitrogens with zero attached hydrogens (tertiary/aromatic N) is 2. The van der Waals surface area contributed by atoms with Gasteiger partial charge >= 0.3 is 6.98 Å². The van der Waals surface area contributed by atoms with Crippen LogP contribution in [0.2, 0.25) is 25.7 Å². The summed E-state index contributed by atoms with van der Waals surface area (Å²) in [5, 5.41) is 0. The minimum absolute atomic E-state index is 0.553. The van der Waals surface area contributed by atoms with E-state index in [1.807, 2.05) is 0 Å². The van der Waals surface area contributed by atoms with Crippen molar-refractivity contribution in [3.63, 3.8) is 0 Å². The van der Waals surface area contributed by atoms with Crippen molar-refractivity contribution in [1.82, 2.24) is 9.62 Å². The lowest BCUT2D eigenvalue weighted by atomic mass is 9.69. The van der Waals surface area contributed by atoms with Gasteiger partial charge in [0.25, 0.3) is 0 Å². The molecule has 19 heavy (non-hydrogen) atoms. The Hall–Kier alpha value is -0.0582. The van der Waals surface area contributed by atoms with Crippen LogP contribution in [-0.2, 0) is 0 Å². The maximum Gasteiger partial charge on any atom is 0.338 e. The lowest BCUT2D eigenvalue weighted by Gasteiger charge is -2.32. The van der Waals surface area contributed by atoms with Crippen LogP contribution in [0.1, 0.15) is 25.7 Å². The first kappa shape index (κ1) is 15.3. The molecule has 1 saturated carbocycles. The first-order valence-corrected chi connectivity index (χ1v) is 11.7. The van der Waals surface area contributed by atoms with Gasteiger partial charge in [-0.15, -0.1) is 0 Å². The molecule has 1 aliphatic heterocycles. The second-order valence-electron chi connectivity index (χ2n) is 7.82. The fourth-order valence-electron chi connectivity index (χ4n) is 3.66. The van der Waals surface area contributed by atoms with E-state index in [1.54, 1.807) is 5.57 Å². The maximum absolute atomic E-state index is 2.61. The van der Waals surface area contributed by atoms with Crippen molar-refractivity contribution in [3.8, 4) is 0 Å². The molecule has 0 aromatic heterocycles. The molecule has 1 saturated heterocycles. The molecule has 0 amide bonds. The van der Waals surface area contributed by atoms with Gasteiger partial charge in [0.2, 0.25) is 0 Å². The zero-order valence-electron chi connectivity index (χ0n) is 13.6. The quantitative estimate of drug-likeness (QED) is 0.731. The van der Waals surface area contributed by atoms with Crippen molar-refractivity contribution in [3.05, 3.63) is 11.5 Å². The van der Waals surface area contributed by atoms with E-state index in [0.29, 0.717) is 6.98 Å². The molecule has 1 unspecified atom stereocenters. The molecule has 0 aromatic rings. The number of hydrogen-bond donors (Lipinski definition) is 0. The summed E-state index contributed by atoms with van der Waals surface area (Å²) < 4.78 is 0. The Balaban J connectivity index is 2.10. The lowest BCUT2D eigenvalue weighted by molar-refractivity contribution is 0.479. The highest BCUT2D eigenvalue weighted by Crippen LogP contribution is 2.35. The van der Waals surface area contributed by atoms with Gasteiger partial charge in [-0.05, 0) is 39.3 Å². The van der Waals surface area contributed by atoms with Gasteiger partial charge in [0.1, 0.15) is 0 Å². The molecule has 1 heterocycles. The monoisotopic (exact) mass is 278 g/mol. The summed E-state index contributed by atoms with van der Waals surface area (Å²) in [5.41, 5.74) is 1.78. The lowest BCUT2D eigenvalue weighted by Crippen LogP contribution is -2.39. The summed E-state index contributed by atoms with van der Waals surface area (Å²) in [6, 6.07) is 1.49. The Bertz CT molecular complexity index is 328. The van der Waals surface area contributed by atoms with Crippen LogP contribution in [0, 0.1) is 5.92 Å². The van der Waals surface area contributed by atoms with Crippen LogP contribution >= 0.6 is 0 Å². The number of allylic oxidation sites excluding steroid dienone is 1. The number of rotatable bonds is 3. The largest absolute Gasteiger partial charge is 0.338 e. The highest BCUT2D eigenvalue weighted by atomic mass is 28.3. The third kappa shape index (κ3) is 4.20. The molecule has 1 atom stereocenters. The molecule has 2 aliphatic rings. The van der Waals surface area contributed by atoms with Gasteiger partial charge in [-0.1, -0.05) is 43.7 Å². The molecular weight excluding hydrogens is 247 g/mol. The predicted octanol–water partition coefficient (Wildman–Crippen LogP) is 3.35. The third-order valence-electron chi connectivity index (χ3n) is 4.72. The fourth-order valence-corrected chi connectivity index (χ4v) is 5.61. The van der Waals surface area contributed by atoms with Crippen LogP contribution in [0.3, 0.4) is 0 Å². The van der Waals surface area contributed by atoms with Gasteiger partial charge in [-0.25, -0.2) is 0 Å². The van der Waals surface area contributed by atoms with Gasteiger partial charge in [-0.2, -0.15) is 0 Å². The molecule has 0 aromatic carbocycles. The molecule has 4 heteroatoms. The van der Waals surface area contributed by atoms with E-state index in [4.69, 9.17) is 0 Å². The van der Waals surface area contributed by atoms with Crippen molar-refractivity contribution in [2.24, 2.45) is 5.92 Å². The Morgan fingerprint density at radius 1 is 1.16 bits per heavy atom. The Morgan fingerprint density at radius 3 is 2.37 bits per heavy atom. The summed E-state index contributed by atoms with van der Waals surface area (Å²) in [6.45, 7) is 10.5. The highest BCUT2D eigenvalue weighted by Gasteiger charge is 2.32. The average molecular weight is 278 g/mol. The van der Waals surface area contributed by atoms with Crippen LogP contribution in [-0.4, -0.2) is 51.9 Å². The molecule has 2 rings (SSSR count). The van der Waals surface area contributed by atoms with Crippen molar-refractivity contribution < 1.29 is 0 Å². The van der Waals surface area contributed by atoms with E-state index in [1.165, 1.54) is 44.8 Å². The molecular formula is C15H31BN2Si. The standard InChI is InChI=1S/C15H31BN2Si/c1-17-10-11-18(2)16(17)12-14-8-6-7-9-15(14)13-19(3,4)5/h12,15H,6-11,13H2,1-5H3. The summed E-state index contributed by atoms with van der Waals surface area (Å²) in [6.07, 6.45) is 5.65. The zero-order chi connectivity index (χ0) is 14.0. The summed E-state index contributed by atoms with van der Waals surface area (Å²) in [7, 11) is 3.59. The van der Waals surface area contributed by atoms with Crippen LogP contribution in [0.15, 0.2) is 11.5 Å². The summed E-state index contributed by atoms with van der Waals surface area (Å²) in [5.74, 6) is 3.50. The van der Waals surface area contributed by atoms with Crippen molar-refractivity contribution >= 4 is 15.1 Å². The Labute approximate surface area is 121 Å². The first-order valence-electron chi connectivity index (χ1n) is 7.98. The third-order valence-corrected chi connectivity index (χ3v) is 6.44. The molecule has 2 fully saturated rings. The molecule has 108 valence electrons. The molecule has 0 radical (unpaired) electrons. The average Bonchev–Trinajstić information content (AvgIpc) is 2.61. The minimum Gasteiger partial charge on any atom is -0.326 e. The highest BCUT2D eigenvalue weighted by molar-refractivity contribution is 6.76. The number of likely N-dealkylation sites (N-methyl/N-ethyl adjacent to an activating group) is 2. The Kier molecular flexibility index (Phi) is 4.96. The molecule has 0 bridgehead atoms. The number of hydrogen-bond acceptors (Lipinski definition) is 2. The normalized spacial score (nSPS) is 29.4. The second kappa shape index (κ2) is 6.15. The molecule has 0 spiro atoms. The maximum atomic E-state index is 2.61. The predicted molar refractivity (Wildman–Crippen MR) is 89.2 cm³/mol. The molecule has 2 nitrogen and oxygen atoms in total. The van der Waals surface area contributed by atoms with Gasteiger partial charge in [-0.3, -0.25) is 0 Å². The van der Waals surface area contributed by atoms with Gasteiger partial charge < -0.3 is 9.62 Å². The van der Waals surface area contributed by atoms with Gasteiger partial charge in [0, 0.05) is 21.2 Å². The zero-order valence-corrected chi connectivity index (χ0v) is 14.6. The van der Waals surface area contributed by atoms with Crippen LogP contribution < -0.4 is 0 Å². The minimum atomic E-state index is -0.944. The van der Waals surface area contributed by atoms with Gasteiger partial charge in [0.05, 0.1) is 0 Å². The smallest absolute Gasteiger partial charge is 0.326 e. The summed E-state index contributed by atoms with van der Waals surface area (Å²) >= 11 is 0. The van der Waals surface area contributed by atoms with Crippen molar-refractivity contribution in [2.45, 2.75) is 51.4 Å². The Morgan fingerprint density at radius 2 is 1.79 bits per heavy atom. The molecule has 1 aliphatic carbocycles. The SMILES string of the molecule is CN1CCN(C)B1C=C1CCCCC1C[Si](C)(C)C. The topological polar surface area (TPSA) is 6.48 Å².